The van der Waals surface area contributed by atoms with Crippen molar-refractivity contribution in [1.29, 1.82) is 0 Å². The molecular formula is C20H19NO2. The van der Waals surface area contributed by atoms with Crippen molar-refractivity contribution >= 4 is 23.2 Å². The number of para-hydroxylation sites is 1. The number of carbonyl (C=O) groups is 1. The Balaban J connectivity index is 1.62. The number of hydrogen-bond acceptors (Lipinski definition) is 2. The van der Waals surface area contributed by atoms with Crippen LogP contribution in [0.2, 0.25) is 0 Å². The maximum absolute atomic E-state index is 12.2. The molecule has 1 amide bonds. The highest BCUT2D eigenvalue weighted by Gasteiger charge is 2.23. The summed E-state index contributed by atoms with van der Waals surface area (Å²) in [6.45, 7) is 0. The second kappa shape index (κ2) is 5.92. The van der Waals surface area contributed by atoms with E-state index in [4.69, 9.17) is 4.74 Å². The lowest BCUT2D eigenvalue weighted by Crippen LogP contribution is -2.10. The van der Waals surface area contributed by atoms with Gasteiger partial charge in [0.1, 0.15) is 5.75 Å². The third-order valence-electron chi connectivity index (χ3n) is 4.48. The Kier molecular flexibility index (Phi) is 3.62. The lowest BCUT2D eigenvalue weighted by molar-refractivity contribution is -0.110. The summed E-state index contributed by atoms with van der Waals surface area (Å²) in [5.41, 5.74) is 3.53. The van der Waals surface area contributed by atoms with E-state index in [1.165, 1.54) is 12.8 Å². The van der Waals surface area contributed by atoms with E-state index in [0.29, 0.717) is 11.7 Å². The van der Waals surface area contributed by atoms with Gasteiger partial charge in [0.2, 0.25) is 0 Å². The molecule has 0 spiro atoms. The molecule has 3 heteroatoms. The van der Waals surface area contributed by atoms with Gasteiger partial charge >= 0.3 is 0 Å². The van der Waals surface area contributed by atoms with E-state index < -0.39 is 0 Å². The van der Waals surface area contributed by atoms with Crippen molar-refractivity contribution in [2.45, 2.75) is 31.8 Å². The normalized spacial score (nSPS) is 19.0. The highest BCUT2D eigenvalue weighted by Crippen LogP contribution is 2.33. The Morgan fingerprint density at radius 2 is 1.87 bits per heavy atom. The zero-order valence-corrected chi connectivity index (χ0v) is 12.9. The summed E-state index contributed by atoms with van der Waals surface area (Å²) in [5.74, 6) is 0.839. The summed E-state index contributed by atoms with van der Waals surface area (Å²) < 4.78 is 6.05. The van der Waals surface area contributed by atoms with Gasteiger partial charge in [-0.15, -0.1) is 0 Å². The fraction of sp³-hybridized carbons (Fsp3) is 0.250. The molecule has 1 heterocycles. The minimum Gasteiger partial charge on any atom is -0.490 e. The van der Waals surface area contributed by atoms with Crippen LogP contribution in [0.1, 0.15) is 36.8 Å². The average Bonchev–Trinajstić information content (AvgIpc) is 3.17. The topological polar surface area (TPSA) is 38.3 Å². The summed E-state index contributed by atoms with van der Waals surface area (Å²) in [7, 11) is 0. The Bertz CT molecular complexity index is 773. The van der Waals surface area contributed by atoms with Crippen molar-refractivity contribution in [3.05, 3.63) is 59.7 Å². The van der Waals surface area contributed by atoms with Crippen molar-refractivity contribution in [3.63, 3.8) is 0 Å². The summed E-state index contributed by atoms with van der Waals surface area (Å²) in [4.78, 5) is 12.2. The van der Waals surface area contributed by atoms with E-state index in [1.807, 2.05) is 54.6 Å². The number of fused-ring (bicyclic) bond motifs is 1. The van der Waals surface area contributed by atoms with Crippen molar-refractivity contribution in [3.8, 4) is 5.75 Å². The SMILES string of the molecule is O=C1Nc2ccccc2/C1=C/c1cccc(OC2CCCC2)c1. The Hall–Kier alpha value is -2.55. The number of ether oxygens (including phenoxy) is 1. The first-order chi connectivity index (χ1) is 11.3. The fourth-order valence-electron chi connectivity index (χ4n) is 3.33. The first-order valence-corrected chi connectivity index (χ1v) is 8.19. The van der Waals surface area contributed by atoms with Crippen LogP contribution in [0.15, 0.2) is 48.5 Å². The molecule has 0 saturated heterocycles. The summed E-state index contributed by atoms with van der Waals surface area (Å²) >= 11 is 0. The van der Waals surface area contributed by atoms with Gasteiger partial charge < -0.3 is 10.1 Å². The molecular weight excluding hydrogens is 286 g/mol. The van der Waals surface area contributed by atoms with Crippen molar-refractivity contribution in [1.82, 2.24) is 0 Å². The predicted molar refractivity (Wildman–Crippen MR) is 92.3 cm³/mol. The minimum atomic E-state index is -0.0479. The highest BCUT2D eigenvalue weighted by molar-refractivity contribution is 6.34. The van der Waals surface area contributed by atoms with Gasteiger partial charge in [-0.3, -0.25) is 4.79 Å². The summed E-state index contributed by atoms with van der Waals surface area (Å²) in [5, 5.41) is 2.90. The molecule has 1 fully saturated rings. The standard InChI is InChI=1S/C20H19NO2/c22-20-18(17-10-3-4-11-19(17)21-20)13-14-6-5-9-16(12-14)23-15-7-1-2-8-15/h3-6,9-13,15H,1-2,7-8H2,(H,21,22)/b18-13-. The van der Waals surface area contributed by atoms with Gasteiger partial charge in [-0.1, -0.05) is 30.3 Å². The van der Waals surface area contributed by atoms with E-state index in [0.717, 1.165) is 35.4 Å². The highest BCUT2D eigenvalue weighted by atomic mass is 16.5. The van der Waals surface area contributed by atoms with Crippen molar-refractivity contribution in [2.24, 2.45) is 0 Å². The smallest absolute Gasteiger partial charge is 0.256 e. The Morgan fingerprint density at radius 3 is 2.74 bits per heavy atom. The summed E-state index contributed by atoms with van der Waals surface area (Å²) in [6, 6.07) is 15.8. The van der Waals surface area contributed by atoms with Crippen LogP contribution in [-0.4, -0.2) is 12.0 Å². The molecule has 0 atom stereocenters. The molecule has 3 nitrogen and oxygen atoms in total. The Morgan fingerprint density at radius 1 is 1.04 bits per heavy atom. The van der Waals surface area contributed by atoms with E-state index >= 15 is 0 Å². The summed E-state index contributed by atoms with van der Waals surface area (Å²) in [6.07, 6.45) is 7.06. The molecule has 0 unspecified atom stereocenters. The molecule has 23 heavy (non-hydrogen) atoms. The number of rotatable bonds is 3. The number of benzene rings is 2. The number of nitrogens with one attached hydrogen (secondary N) is 1. The van der Waals surface area contributed by atoms with Gasteiger partial charge in [0.15, 0.2) is 0 Å². The van der Waals surface area contributed by atoms with E-state index in [-0.39, 0.29) is 5.91 Å². The van der Waals surface area contributed by atoms with Crippen LogP contribution >= 0.6 is 0 Å². The van der Waals surface area contributed by atoms with Crippen LogP contribution in [0, 0.1) is 0 Å². The molecule has 1 aliphatic heterocycles. The van der Waals surface area contributed by atoms with Crippen LogP contribution in [0.25, 0.3) is 11.6 Å². The number of hydrogen-bond donors (Lipinski definition) is 1. The first-order valence-electron chi connectivity index (χ1n) is 8.19. The second-order valence-electron chi connectivity index (χ2n) is 6.15. The molecule has 116 valence electrons. The predicted octanol–water partition coefficient (Wildman–Crippen LogP) is 4.50. The number of carbonyl (C=O) groups excluding carboxylic acids is 1. The lowest BCUT2D eigenvalue weighted by atomic mass is 10.0. The fourth-order valence-corrected chi connectivity index (χ4v) is 3.33. The molecule has 2 aliphatic rings. The Labute approximate surface area is 136 Å². The van der Waals surface area contributed by atoms with Crippen LogP contribution in [0.3, 0.4) is 0 Å². The van der Waals surface area contributed by atoms with Gasteiger partial charge in [0.25, 0.3) is 5.91 Å². The van der Waals surface area contributed by atoms with E-state index in [9.17, 15) is 4.79 Å². The molecule has 2 aromatic carbocycles. The maximum Gasteiger partial charge on any atom is 0.256 e. The van der Waals surface area contributed by atoms with E-state index in [1.54, 1.807) is 0 Å². The molecule has 1 N–H and O–H groups in total. The van der Waals surface area contributed by atoms with Gasteiger partial charge in [-0.05, 0) is 55.5 Å². The maximum atomic E-state index is 12.2. The van der Waals surface area contributed by atoms with E-state index in [2.05, 4.69) is 5.32 Å². The molecule has 1 aliphatic carbocycles. The van der Waals surface area contributed by atoms with Crippen LogP contribution in [0.5, 0.6) is 5.75 Å². The van der Waals surface area contributed by atoms with Crippen LogP contribution in [0.4, 0.5) is 5.69 Å². The molecule has 1 saturated carbocycles. The third kappa shape index (κ3) is 2.87. The van der Waals surface area contributed by atoms with Gasteiger partial charge in [-0.25, -0.2) is 0 Å². The van der Waals surface area contributed by atoms with Crippen LogP contribution < -0.4 is 10.1 Å². The second-order valence-corrected chi connectivity index (χ2v) is 6.15. The third-order valence-corrected chi connectivity index (χ3v) is 4.48. The van der Waals surface area contributed by atoms with Crippen molar-refractivity contribution in [2.75, 3.05) is 5.32 Å². The molecule has 0 radical (unpaired) electrons. The monoisotopic (exact) mass is 305 g/mol. The zero-order valence-electron chi connectivity index (χ0n) is 12.9. The first kappa shape index (κ1) is 14.1. The zero-order chi connectivity index (χ0) is 15.6. The average molecular weight is 305 g/mol. The minimum absolute atomic E-state index is 0.0479. The quantitative estimate of drug-likeness (QED) is 0.848. The van der Waals surface area contributed by atoms with Gasteiger partial charge in [0, 0.05) is 16.8 Å². The number of anilines is 1. The van der Waals surface area contributed by atoms with Crippen LogP contribution in [-0.2, 0) is 4.79 Å². The number of amides is 1. The molecule has 0 bridgehead atoms. The molecule has 0 aromatic heterocycles. The molecule has 4 rings (SSSR count). The molecule has 2 aromatic rings. The van der Waals surface area contributed by atoms with Gasteiger partial charge in [0.05, 0.1) is 6.10 Å². The van der Waals surface area contributed by atoms with Gasteiger partial charge in [-0.2, -0.15) is 0 Å². The van der Waals surface area contributed by atoms with Crippen molar-refractivity contribution < 1.29 is 9.53 Å². The largest absolute Gasteiger partial charge is 0.490 e. The lowest BCUT2D eigenvalue weighted by Gasteiger charge is -2.13.